The Bertz CT molecular complexity index is 1280. The molecule has 0 fully saturated rings. The first-order valence-corrected chi connectivity index (χ1v) is 13.7. The lowest BCUT2D eigenvalue weighted by Gasteiger charge is -2.17. The van der Waals surface area contributed by atoms with Crippen molar-refractivity contribution in [3.8, 4) is 0 Å². The first kappa shape index (κ1) is 26.6. The monoisotopic (exact) mass is 518 g/mol. The molecule has 10 heteroatoms. The Labute approximate surface area is 205 Å². The van der Waals surface area contributed by atoms with E-state index in [2.05, 4.69) is 0 Å². The zero-order valence-corrected chi connectivity index (χ0v) is 20.5. The largest absolute Gasteiger partial charge is 0.463 e. The van der Waals surface area contributed by atoms with Crippen molar-refractivity contribution in [3.63, 3.8) is 0 Å². The Morgan fingerprint density at radius 1 is 0.686 bits per heavy atom. The minimum absolute atomic E-state index is 0.000206. The van der Waals surface area contributed by atoms with Gasteiger partial charge in [0.15, 0.2) is 6.10 Å². The number of hydrogen-bond acceptors (Lipinski definition) is 8. The summed E-state index contributed by atoms with van der Waals surface area (Å²) in [5, 5.41) is 0. The van der Waals surface area contributed by atoms with Gasteiger partial charge < -0.3 is 4.74 Å². The SMILES string of the molecule is O=C(OCCc1ccccc1)C(CCCOS(=O)(=O)c1ccccc1)OS(=O)(=O)c1ccccc1. The Morgan fingerprint density at radius 2 is 1.20 bits per heavy atom. The molecule has 0 amide bonds. The van der Waals surface area contributed by atoms with Crippen LogP contribution in [-0.4, -0.2) is 42.1 Å². The summed E-state index contributed by atoms with van der Waals surface area (Å²) < 4.78 is 65.3. The van der Waals surface area contributed by atoms with Gasteiger partial charge in [-0.25, -0.2) is 4.79 Å². The van der Waals surface area contributed by atoms with Crippen molar-refractivity contribution in [2.75, 3.05) is 13.2 Å². The fourth-order valence-corrected chi connectivity index (χ4v) is 5.15. The summed E-state index contributed by atoms with van der Waals surface area (Å²) in [7, 11) is -8.23. The molecule has 0 radical (unpaired) electrons. The third-order valence-electron chi connectivity index (χ3n) is 4.90. The highest BCUT2D eigenvalue weighted by Crippen LogP contribution is 2.18. The number of ether oxygens (including phenoxy) is 1. The molecule has 186 valence electrons. The van der Waals surface area contributed by atoms with E-state index in [0.717, 1.165) is 5.56 Å². The predicted octanol–water partition coefficient (Wildman–Crippen LogP) is 3.73. The van der Waals surface area contributed by atoms with Crippen LogP contribution in [0.3, 0.4) is 0 Å². The summed E-state index contributed by atoms with van der Waals surface area (Å²) in [4.78, 5) is 12.6. The third kappa shape index (κ3) is 8.29. The van der Waals surface area contributed by atoms with Gasteiger partial charge in [-0.05, 0) is 42.7 Å². The highest BCUT2D eigenvalue weighted by molar-refractivity contribution is 7.87. The number of hydrogen-bond donors (Lipinski definition) is 0. The van der Waals surface area contributed by atoms with Crippen LogP contribution in [0.5, 0.6) is 0 Å². The Hall–Kier alpha value is -3.05. The van der Waals surface area contributed by atoms with Crippen LogP contribution in [0.2, 0.25) is 0 Å². The molecule has 1 unspecified atom stereocenters. The van der Waals surface area contributed by atoms with E-state index in [0.29, 0.717) is 6.42 Å². The van der Waals surface area contributed by atoms with Crippen molar-refractivity contribution < 1.29 is 34.7 Å². The van der Waals surface area contributed by atoms with E-state index in [9.17, 15) is 21.6 Å². The Morgan fingerprint density at radius 3 is 1.77 bits per heavy atom. The van der Waals surface area contributed by atoms with Gasteiger partial charge in [0, 0.05) is 6.42 Å². The van der Waals surface area contributed by atoms with E-state index in [-0.39, 0.29) is 35.8 Å². The van der Waals surface area contributed by atoms with Gasteiger partial charge in [-0.2, -0.15) is 16.8 Å². The molecule has 3 aromatic carbocycles. The van der Waals surface area contributed by atoms with E-state index in [1.54, 1.807) is 24.3 Å². The van der Waals surface area contributed by atoms with Crippen LogP contribution in [0, 0.1) is 0 Å². The number of carbonyl (C=O) groups is 1. The number of carbonyl (C=O) groups excluding carboxylic acids is 1. The minimum Gasteiger partial charge on any atom is -0.463 e. The van der Waals surface area contributed by atoms with E-state index in [4.69, 9.17) is 13.1 Å². The quantitative estimate of drug-likeness (QED) is 0.191. The first-order valence-electron chi connectivity index (χ1n) is 10.9. The van der Waals surface area contributed by atoms with Gasteiger partial charge in [-0.15, -0.1) is 0 Å². The molecule has 0 aliphatic carbocycles. The lowest BCUT2D eigenvalue weighted by molar-refractivity contribution is -0.152. The van der Waals surface area contributed by atoms with Crippen LogP contribution in [0.25, 0.3) is 0 Å². The summed E-state index contributed by atoms with van der Waals surface area (Å²) in [6.45, 7) is -0.229. The average molecular weight is 519 g/mol. The molecule has 0 saturated heterocycles. The third-order valence-corrected chi connectivity index (χ3v) is 7.56. The number of benzene rings is 3. The number of esters is 1. The second-order valence-electron chi connectivity index (χ2n) is 7.49. The van der Waals surface area contributed by atoms with Crippen LogP contribution in [-0.2, 0) is 44.6 Å². The van der Waals surface area contributed by atoms with Crippen molar-refractivity contribution in [1.82, 2.24) is 0 Å². The van der Waals surface area contributed by atoms with E-state index < -0.39 is 32.3 Å². The molecule has 0 heterocycles. The van der Waals surface area contributed by atoms with Gasteiger partial charge in [0.2, 0.25) is 0 Å². The molecule has 0 bridgehead atoms. The topological polar surface area (TPSA) is 113 Å². The van der Waals surface area contributed by atoms with Gasteiger partial charge in [-0.3, -0.25) is 8.37 Å². The van der Waals surface area contributed by atoms with Gasteiger partial charge in [0.05, 0.1) is 23.0 Å². The van der Waals surface area contributed by atoms with Gasteiger partial charge in [0.25, 0.3) is 20.2 Å². The van der Waals surface area contributed by atoms with Gasteiger partial charge in [-0.1, -0.05) is 66.7 Å². The maximum absolute atomic E-state index is 12.7. The van der Waals surface area contributed by atoms with Gasteiger partial charge >= 0.3 is 5.97 Å². The molecule has 3 rings (SSSR count). The molecule has 3 aromatic rings. The van der Waals surface area contributed by atoms with E-state index >= 15 is 0 Å². The molecular weight excluding hydrogens is 492 g/mol. The highest BCUT2D eigenvalue weighted by Gasteiger charge is 2.29. The zero-order valence-electron chi connectivity index (χ0n) is 18.9. The van der Waals surface area contributed by atoms with Crippen LogP contribution in [0.4, 0.5) is 0 Å². The highest BCUT2D eigenvalue weighted by atomic mass is 32.2. The van der Waals surface area contributed by atoms with E-state index in [1.165, 1.54) is 36.4 Å². The maximum Gasteiger partial charge on any atom is 0.336 e. The molecular formula is C25H26O8S2. The van der Waals surface area contributed by atoms with Crippen molar-refractivity contribution in [2.24, 2.45) is 0 Å². The molecule has 0 aromatic heterocycles. The smallest absolute Gasteiger partial charge is 0.336 e. The standard InChI is InChI=1S/C25H26O8S2/c26-25(31-20-18-21-11-4-1-5-12-21)24(33-35(29,30)23-15-8-3-9-16-23)17-10-19-32-34(27,28)22-13-6-2-7-14-22/h1-9,11-16,24H,10,17-20H2. The molecule has 1 atom stereocenters. The first-order chi connectivity index (χ1) is 16.8. The van der Waals surface area contributed by atoms with Gasteiger partial charge in [0.1, 0.15) is 0 Å². The molecule has 0 aliphatic rings. The van der Waals surface area contributed by atoms with Crippen LogP contribution in [0.1, 0.15) is 18.4 Å². The van der Waals surface area contributed by atoms with Crippen molar-refractivity contribution >= 4 is 26.2 Å². The minimum atomic E-state index is -4.25. The average Bonchev–Trinajstić information content (AvgIpc) is 2.87. The normalized spacial score (nSPS) is 12.7. The van der Waals surface area contributed by atoms with Crippen LogP contribution < -0.4 is 0 Å². The summed E-state index contributed by atoms with van der Waals surface area (Å²) in [5.74, 6) is -0.855. The predicted molar refractivity (Wildman–Crippen MR) is 128 cm³/mol. The second-order valence-corrected chi connectivity index (χ2v) is 10.7. The molecule has 0 N–H and O–H groups in total. The van der Waals surface area contributed by atoms with Crippen molar-refractivity contribution in [2.45, 2.75) is 35.2 Å². The molecule has 8 nitrogen and oxygen atoms in total. The summed E-state index contributed by atoms with van der Waals surface area (Å²) >= 11 is 0. The fourth-order valence-electron chi connectivity index (χ4n) is 3.10. The Balaban J connectivity index is 1.62. The lowest BCUT2D eigenvalue weighted by atomic mass is 10.2. The molecule has 0 spiro atoms. The molecule has 35 heavy (non-hydrogen) atoms. The Kier molecular flexibility index (Phi) is 9.55. The van der Waals surface area contributed by atoms with Crippen LogP contribution >= 0.6 is 0 Å². The second kappa shape index (κ2) is 12.6. The fraction of sp³-hybridized carbons (Fsp3) is 0.240. The molecule has 0 saturated carbocycles. The van der Waals surface area contributed by atoms with Crippen molar-refractivity contribution in [3.05, 3.63) is 96.6 Å². The summed E-state index contributed by atoms with van der Waals surface area (Å²) in [5.41, 5.74) is 0.953. The summed E-state index contributed by atoms with van der Waals surface area (Å²) in [6, 6.07) is 24.4. The number of rotatable bonds is 13. The van der Waals surface area contributed by atoms with E-state index in [1.807, 2.05) is 30.3 Å². The maximum atomic E-state index is 12.7. The summed E-state index contributed by atoms with van der Waals surface area (Å²) in [6.07, 6.45) is -1.10. The van der Waals surface area contributed by atoms with Crippen LogP contribution in [0.15, 0.2) is 101 Å². The molecule has 0 aliphatic heterocycles. The zero-order chi connectivity index (χ0) is 25.2. The van der Waals surface area contributed by atoms with Crippen molar-refractivity contribution in [1.29, 1.82) is 0 Å². The lowest BCUT2D eigenvalue weighted by Crippen LogP contribution is -2.30.